The highest BCUT2D eigenvalue weighted by Gasteiger charge is 2.41. The maximum absolute atomic E-state index is 13.1. The molecule has 2 aliphatic carbocycles. The zero-order valence-electron chi connectivity index (χ0n) is 34.8. The first-order valence-corrected chi connectivity index (χ1v) is 20.3. The topological polar surface area (TPSA) is 89.5 Å². The second kappa shape index (κ2) is 22.6. The first-order chi connectivity index (χ1) is 25.4. The summed E-state index contributed by atoms with van der Waals surface area (Å²) in [5.74, 6) is -0.0523. The van der Waals surface area contributed by atoms with E-state index in [4.69, 9.17) is 27.1 Å². The summed E-state index contributed by atoms with van der Waals surface area (Å²) in [6.45, 7) is 20.5. The molecule has 8 nitrogen and oxygen atoms in total. The highest BCUT2D eigenvalue weighted by molar-refractivity contribution is 7.41. The maximum atomic E-state index is 13.1. The number of ketones is 2. The summed E-state index contributed by atoms with van der Waals surface area (Å²) >= 11 is 0. The van der Waals surface area contributed by atoms with Crippen molar-refractivity contribution >= 4 is 28.8 Å². The van der Waals surface area contributed by atoms with Gasteiger partial charge in [-0.15, -0.1) is 0 Å². The van der Waals surface area contributed by atoms with Crippen molar-refractivity contribution in [2.45, 2.75) is 94.3 Å². The Hall–Kier alpha value is -2.90. The lowest BCUT2D eigenvalue weighted by Gasteiger charge is -2.37. The van der Waals surface area contributed by atoms with Gasteiger partial charge in [-0.3, -0.25) is 9.59 Å². The zero-order valence-corrected chi connectivity index (χ0v) is 36.6. The lowest BCUT2D eigenvalue weighted by Crippen LogP contribution is -2.37. The van der Waals surface area contributed by atoms with Gasteiger partial charge in [-0.25, -0.2) is 0 Å². The molecule has 0 aliphatic heterocycles. The van der Waals surface area contributed by atoms with Crippen molar-refractivity contribution in [3.05, 3.63) is 130 Å². The van der Waals surface area contributed by atoms with Crippen LogP contribution in [0.1, 0.15) is 82.1 Å². The molecule has 10 heteroatoms. The molecule has 0 radical (unpaired) electrons. The molecular weight excluding hydrogens is 718 g/mol. The third-order valence-corrected chi connectivity index (χ3v) is 11.3. The fourth-order valence-corrected chi connectivity index (χ4v) is 7.66. The molecule has 2 atom stereocenters. The van der Waals surface area contributed by atoms with E-state index in [0.29, 0.717) is 24.0 Å². The number of carbonyl (C=O) groups is 2. The lowest BCUT2D eigenvalue weighted by atomic mass is 9.71. The Labute approximate surface area is 327 Å². The van der Waals surface area contributed by atoms with E-state index in [1.54, 1.807) is 0 Å². The average molecular weight is 781 g/mol. The van der Waals surface area contributed by atoms with Gasteiger partial charge in [0.1, 0.15) is 12.2 Å². The molecule has 2 unspecified atom stereocenters. The second-order valence-corrected chi connectivity index (χ2v) is 17.5. The molecule has 0 heterocycles. The molecule has 0 bridgehead atoms. The van der Waals surface area contributed by atoms with Crippen LogP contribution in [-0.4, -0.2) is 52.2 Å². The van der Waals surface area contributed by atoms with Crippen molar-refractivity contribution in [3.63, 3.8) is 0 Å². The molecule has 0 amide bonds. The van der Waals surface area contributed by atoms with E-state index in [1.807, 2.05) is 52.0 Å². The summed E-state index contributed by atoms with van der Waals surface area (Å²) in [6.07, 6.45) is 28.7. The van der Waals surface area contributed by atoms with Crippen LogP contribution in [0.4, 0.5) is 0 Å². The molecule has 0 aromatic carbocycles. The molecule has 0 saturated heterocycles. The van der Waals surface area contributed by atoms with Crippen LogP contribution in [0.3, 0.4) is 0 Å². The fourth-order valence-electron chi connectivity index (χ4n) is 6.27. The minimum Gasteiger partial charge on any atom is -0.316 e. The molecule has 0 N–H and O–H groups in total. The van der Waals surface area contributed by atoms with E-state index in [2.05, 4.69) is 102 Å². The van der Waals surface area contributed by atoms with Crippen LogP contribution in [0.15, 0.2) is 130 Å². The molecule has 54 heavy (non-hydrogen) atoms. The molecule has 0 aromatic rings. The Morgan fingerprint density at radius 1 is 0.537 bits per heavy atom. The van der Waals surface area contributed by atoms with Gasteiger partial charge in [-0.05, 0) is 87.5 Å². The van der Waals surface area contributed by atoms with Crippen molar-refractivity contribution < 1.29 is 36.7 Å². The third kappa shape index (κ3) is 14.6. The first-order valence-electron chi connectivity index (χ1n) is 18.1. The van der Waals surface area contributed by atoms with Crippen molar-refractivity contribution in [2.75, 3.05) is 28.4 Å². The number of rotatable bonds is 18. The Bertz CT molecular complexity index is 1550. The number of hydrogen-bond donors (Lipinski definition) is 0. The van der Waals surface area contributed by atoms with Gasteiger partial charge in [0.05, 0.1) is 0 Å². The van der Waals surface area contributed by atoms with Crippen molar-refractivity contribution in [1.29, 1.82) is 0 Å². The minimum atomic E-state index is -1.54. The lowest BCUT2D eigenvalue weighted by molar-refractivity contribution is -0.125. The Balaban J connectivity index is 1.98. The van der Waals surface area contributed by atoms with Crippen LogP contribution in [-0.2, 0) is 36.7 Å². The summed E-state index contributed by atoms with van der Waals surface area (Å²) in [7, 11) is 2.97. The number of carbonyl (C=O) groups excluding carboxylic acids is 2. The fraction of sp³-hybridized carbons (Fsp3) is 0.455. The van der Waals surface area contributed by atoms with Crippen LogP contribution < -0.4 is 0 Å². The number of Topliss-reactive ketones (excluding diaryl/α,β-unsaturated/α-hetero) is 2. The highest BCUT2D eigenvalue weighted by Crippen LogP contribution is 2.48. The average Bonchev–Trinajstić information content (AvgIpc) is 3.11. The van der Waals surface area contributed by atoms with Gasteiger partial charge in [0, 0.05) is 28.4 Å². The number of allylic oxidation sites excluding steroid dienone is 20. The van der Waals surface area contributed by atoms with Crippen LogP contribution >= 0.6 is 17.2 Å². The second-order valence-electron chi connectivity index (χ2n) is 14.8. The van der Waals surface area contributed by atoms with Gasteiger partial charge in [0.25, 0.3) is 0 Å². The monoisotopic (exact) mass is 780 g/mol. The summed E-state index contributed by atoms with van der Waals surface area (Å²) in [5.41, 5.74) is 7.36. The van der Waals surface area contributed by atoms with Gasteiger partial charge in [-0.2, -0.15) is 0 Å². The van der Waals surface area contributed by atoms with Gasteiger partial charge in [-0.1, -0.05) is 135 Å². The first kappa shape index (κ1) is 47.3. The molecule has 296 valence electrons. The normalized spacial score (nSPS) is 22.4. The minimum absolute atomic E-state index is 0.0262. The SMILES string of the molecule is COP(OC)OC1CC(C)(C)C(/C=C/C(C)=C/C=C/C(C)=C/C=C/C=C(C)/C=C/C=C(C)/C=C/C2=C(C)C(=O)C(OP(OC)OC)CC2(C)C)=C(C)C1=O. The van der Waals surface area contributed by atoms with Crippen LogP contribution in [0.2, 0.25) is 0 Å². The van der Waals surface area contributed by atoms with E-state index in [1.165, 1.54) is 28.4 Å². The third-order valence-electron chi connectivity index (χ3n) is 9.30. The zero-order chi connectivity index (χ0) is 40.6. The predicted octanol–water partition coefficient (Wildman–Crippen LogP) is 12.0. The van der Waals surface area contributed by atoms with E-state index in [9.17, 15) is 9.59 Å². The molecule has 2 aliphatic rings. The Morgan fingerprint density at radius 2 is 0.833 bits per heavy atom. The van der Waals surface area contributed by atoms with E-state index in [-0.39, 0.29) is 22.4 Å². The van der Waals surface area contributed by atoms with Crippen LogP contribution in [0, 0.1) is 10.8 Å². The maximum Gasteiger partial charge on any atom is 0.332 e. The van der Waals surface area contributed by atoms with Crippen molar-refractivity contribution in [3.8, 4) is 0 Å². The van der Waals surface area contributed by atoms with Crippen LogP contribution in [0.25, 0.3) is 0 Å². The molecule has 0 spiro atoms. The van der Waals surface area contributed by atoms with E-state index >= 15 is 0 Å². The standard InChI is InChI=1S/C44H62O8P2/c1-31(21-17-23-33(3)25-27-37-35(5)41(45)39(29-43(37,7)8)51-53(47-11)48-12)19-15-16-20-32(2)22-18-24-34(4)26-28-38-36(6)42(46)40(30-44(38,9)10)52-54(49-13)50-14/h15-28,39-40H,29-30H2,1-14H3/b16-15+,21-17+,22-18+,27-25+,28-26+,31-19+,32-20+,33-23+,34-24+. The van der Waals surface area contributed by atoms with Gasteiger partial charge >= 0.3 is 17.2 Å². The molecule has 0 saturated carbocycles. The van der Waals surface area contributed by atoms with E-state index < -0.39 is 29.4 Å². The Morgan fingerprint density at radius 3 is 1.15 bits per heavy atom. The molecule has 0 aromatic heterocycles. The van der Waals surface area contributed by atoms with Crippen LogP contribution in [0.5, 0.6) is 0 Å². The largest absolute Gasteiger partial charge is 0.332 e. The molecular formula is C44H62O8P2. The quantitative estimate of drug-likeness (QED) is 0.100. The predicted molar refractivity (Wildman–Crippen MR) is 225 cm³/mol. The van der Waals surface area contributed by atoms with Gasteiger partial charge in [0.15, 0.2) is 11.6 Å². The number of hydrogen-bond acceptors (Lipinski definition) is 8. The summed E-state index contributed by atoms with van der Waals surface area (Å²) in [4.78, 5) is 26.1. The van der Waals surface area contributed by atoms with Gasteiger partial charge in [0.2, 0.25) is 0 Å². The summed E-state index contributed by atoms with van der Waals surface area (Å²) in [5, 5.41) is 0. The van der Waals surface area contributed by atoms with E-state index in [0.717, 1.165) is 33.4 Å². The molecule has 2 rings (SSSR count). The van der Waals surface area contributed by atoms with Crippen molar-refractivity contribution in [2.24, 2.45) is 10.8 Å². The summed E-state index contributed by atoms with van der Waals surface area (Å²) < 4.78 is 32.5. The van der Waals surface area contributed by atoms with Crippen molar-refractivity contribution in [1.82, 2.24) is 0 Å². The van der Waals surface area contributed by atoms with Gasteiger partial charge < -0.3 is 27.1 Å². The Kier molecular flexibility index (Phi) is 19.8. The molecule has 0 fully saturated rings. The smallest absolute Gasteiger partial charge is 0.316 e. The highest BCUT2D eigenvalue weighted by atomic mass is 31.2. The summed E-state index contributed by atoms with van der Waals surface area (Å²) in [6, 6.07) is 0.